The maximum Gasteiger partial charge on any atom is 0.0606 e. The van der Waals surface area contributed by atoms with Crippen molar-refractivity contribution >= 4 is 0 Å². The molecule has 1 saturated heterocycles. The zero-order valence-electron chi connectivity index (χ0n) is 28.6. The molecule has 11 rings (SSSR count). The first-order valence-electron chi connectivity index (χ1n) is 21.0. The molecule has 0 aromatic heterocycles. The van der Waals surface area contributed by atoms with Crippen LogP contribution in [0.3, 0.4) is 0 Å². The minimum absolute atomic E-state index is 0.656. The second kappa shape index (κ2) is 12.3. The summed E-state index contributed by atoms with van der Waals surface area (Å²) in [5, 5.41) is 0. The molecule has 1 aliphatic heterocycles. The van der Waals surface area contributed by atoms with E-state index in [1.807, 2.05) is 0 Å². The van der Waals surface area contributed by atoms with E-state index in [4.69, 9.17) is 4.74 Å². The van der Waals surface area contributed by atoms with Crippen LogP contribution in [0.25, 0.3) is 0 Å². The molecule has 1 heteroatoms. The predicted molar refractivity (Wildman–Crippen MR) is 182 cm³/mol. The third kappa shape index (κ3) is 5.25. The van der Waals surface area contributed by atoms with Gasteiger partial charge in [0.25, 0.3) is 0 Å². The molecule has 11 aliphatic rings. The highest BCUT2D eigenvalue weighted by Gasteiger charge is 2.58. The number of ether oxygens (including phenoxy) is 1. The lowest BCUT2D eigenvalue weighted by Crippen LogP contribution is -2.43. The summed E-state index contributed by atoms with van der Waals surface area (Å²) in [6, 6.07) is 0. The van der Waals surface area contributed by atoms with Gasteiger partial charge in [0.15, 0.2) is 0 Å². The fraction of sp³-hybridized carbons (Fsp3) is 0.953. The molecule has 14 atom stereocenters. The quantitative estimate of drug-likeness (QED) is 0.251. The van der Waals surface area contributed by atoms with Crippen molar-refractivity contribution in [1.82, 2.24) is 0 Å². The average molecular weight is 601 g/mol. The van der Waals surface area contributed by atoms with Crippen molar-refractivity contribution in [2.75, 3.05) is 6.61 Å². The smallest absolute Gasteiger partial charge is 0.0606 e. The van der Waals surface area contributed by atoms with E-state index in [1.165, 1.54) is 88.9 Å². The Labute approximate surface area is 271 Å². The van der Waals surface area contributed by atoms with Crippen LogP contribution >= 0.6 is 0 Å². The highest BCUT2D eigenvalue weighted by Crippen LogP contribution is 2.67. The molecule has 10 aliphatic carbocycles. The normalized spacial score (nSPS) is 54.2. The van der Waals surface area contributed by atoms with Crippen LogP contribution in [0, 0.1) is 75.9 Å². The monoisotopic (exact) mass is 601 g/mol. The molecular weight excluding hydrogens is 532 g/mol. The predicted octanol–water partition coefficient (Wildman–Crippen LogP) is 11.9. The van der Waals surface area contributed by atoms with Crippen LogP contribution in [0.5, 0.6) is 0 Å². The van der Waals surface area contributed by atoms with Crippen molar-refractivity contribution in [2.24, 2.45) is 75.9 Å². The Morgan fingerprint density at radius 3 is 1.93 bits per heavy atom. The molecule has 0 aromatic rings. The topological polar surface area (TPSA) is 9.23 Å². The molecule has 9 saturated carbocycles. The molecule has 0 N–H and O–H groups in total. The lowest BCUT2D eigenvalue weighted by atomic mass is 9.55. The molecule has 1 nitrogen and oxygen atoms in total. The Bertz CT molecular complexity index is 1010. The number of hydrogen-bond acceptors (Lipinski definition) is 1. The van der Waals surface area contributed by atoms with Gasteiger partial charge in [-0.05, 0) is 185 Å². The first-order valence-corrected chi connectivity index (χ1v) is 21.0. The molecule has 2 spiro atoms. The molecule has 0 radical (unpaired) electrons. The summed E-state index contributed by atoms with van der Waals surface area (Å²) in [4.78, 5) is 0. The fourth-order valence-electron chi connectivity index (χ4n) is 15.7. The number of rotatable bonds is 0. The van der Waals surface area contributed by atoms with Gasteiger partial charge in [-0.15, -0.1) is 0 Å². The number of fused-ring (bicyclic) bond motifs is 9. The van der Waals surface area contributed by atoms with Crippen molar-refractivity contribution in [3.8, 4) is 0 Å². The molecule has 1 heterocycles. The van der Waals surface area contributed by atoms with Gasteiger partial charge in [0.05, 0.1) is 6.10 Å². The van der Waals surface area contributed by atoms with Crippen molar-refractivity contribution < 1.29 is 4.74 Å². The Kier molecular flexibility index (Phi) is 8.33. The van der Waals surface area contributed by atoms with Gasteiger partial charge in [0.1, 0.15) is 0 Å². The van der Waals surface area contributed by atoms with E-state index in [0.717, 1.165) is 65.3 Å². The highest BCUT2D eigenvalue weighted by molar-refractivity contribution is 5.21. The molecule has 14 unspecified atom stereocenters. The molecule has 0 aromatic carbocycles. The van der Waals surface area contributed by atoms with Gasteiger partial charge in [-0.3, -0.25) is 0 Å². The minimum atomic E-state index is 0.656. The summed E-state index contributed by atoms with van der Waals surface area (Å²) in [5.74, 6) is 12.1. The van der Waals surface area contributed by atoms with E-state index in [-0.39, 0.29) is 0 Å². The Hall–Kier alpha value is -0.300. The maximum atomic E-state index is 5.93. The third-order valence-corrected chi connectivity index (χ3v) is 17.6. The second-order valence-corrected chi connectivity index (χ2v) is 19.2. The molecule has 44 heavy (non-hydrogen) atoms. The van der Waals surface area contributed by atoms with E-state index in [9.17, 15) is 0 Å². The first-order chi connectivity index (χ1) is 21.7. The summed E-state index contributed by atoms with van der Waals surface area (Å²) < 4.78 is 5.93. The van der Waals surface area contributed by atoms with Gasteiger partial charge in [-0.1, -0.05) is 69.9 Å². The zero-order valence-corrected chi connectivity index (χ0v) is 28.6. The van der Waals surface area contributed by atoms with Crippen molar-refractivity contribution in [1.29, 1.82) is 0 Å². The molecule has 4 bridgehead atoms. The first kappa shape index (κ1) is 29.8. The van der Waals surface area contributed by atoms with Crippen LogP contribution in [0.1, 0.15) is 167 Å². The number of hydrogen-bond donors (Lipinski definition) is 0. The largest absolute Gasteiger partial charge is 0.378 e. The summed E-state index contributed by atoms with van der Waals surface area (Å²) in [6.45, 7) is 1.04. The summed E-state index contributed by atoms with van der Waals surface area (Å²) in [7, 11) is 0. The van der Waals surface area contributed by atoms with Gasteiger partial charge in [-0.2, -0.15) is 0 Å². The SMILES string of the molecule is C1=CC23CCC4CCCCC4C2CC1C3.C1CCC2C(C1)CCC13CCC(CC21)C3.C1CCC2C(C1)CCC1OCCCC12. The number of allylic oxidation sites excluding steroid dienone is 2. The van der Waals surface area contributed by atoms with Gasteiger partial charge >= 0.3 is 0 Å². The van der Waals surface area contributed by atoms with Gasteiger partial charge in [0, 0.05) is 6.61 Å². The zero-order chi connectivity index (χ0) is 29.1. The summed E-state index contributed by atoms with van der Waals surface area (Å²) >= 11 is 0. The second-order valence-electron chi connectivity index (χ2n) is 19.2. The van der Waals surface area contributed by atoms with Crippen molar-refractivity contribution in [3.63, 3.8) is 0 Å². The van der Waals surface area contributed by atoms with Crippen LogP contribution in [0.15, 0.2) is 12.2 Å². The Morgan fingerprint density at radius 1 is 0.500 bits per heavy atom. The van der Waals surface area contributed by atoms with Crippen molar-refractivity contribution in [3.05, 3.63) is 12.2 Å². The summed E-state index contributed by atoms with van der Waals surface area (Å²) in [5.41, 5.74) is 1.60. The minimum Gasteiger partial charge on any atom is -0.378 e. The van der Waals surface area contributed by atoms with Crippen LogP contribution in [0.4, 0.5) is 0 Å². The van der Waals surface area contributed by atoms with E-state index in [2.05, 4.69) is 12.2 Å². The molecule has 0 amide bonds. The van der Waals surface area contributed by atoms with Gasteiger partial charge < -0.3 is 4.74 Å². The molecule has 10 fully saturated rings. The summed E-state index contributed by atoms with van der Waals surface area (Å²) in [6.07, 6.45) is 45.8. The van der Waals surface area contributed by atoms with Gasteiger partial charge in [-0.25, -0.2) is 0 Å². The Morgan fingerprint density at radius 2 is 1.16 bits per heavy atom. The van der Waals surface area contributed by atoms with E-state index < -0.39 is 0 Å². The standard InChI is InChI=1S/C15H24.C15H22.C13H22O/c2*1-2-4-13-12(3-1)6-8-15-7-5-11(10-15)9-14(13)15;1-2-5-11-10(4-1)7-8-13-12(11)6-3-9-14-13/h11-14H,1-10H2;5,7,11-14H,1-4,6,8-10H2;10-13H,1-9H2. The fourth-order valence-corrected chi connectivity index (χ4v) is 15.7. The van der Waals surface area contributed by atoms with Crippen LogP contribution in [0.2, 0.25) is 0 Å². The average Bonchev–Trinajstić information content (AvgIpc) is 3.88. The van der Waals surface area contributed by atoms with E-state index in [1.54, 1.807) is 89.9 Å². The lowest BCUT2D eigenvalue weighted by Gasteiger charge is -2.50. The lowest BCUT2D eigenvalue weighted by molar-refractivity contribution is -0.0937. The maximum absolute atomic E-state index is 5.93. The third-order valence-electron chi connectivity index (χ3n) is 17.6. The van der Waals surface area contributed by atoms with Crippen LogP contribution in [-0.4, -0.2) is 12.7 Å². The highest BCUT2D eigenvalue weighted by atomic mass is 16.5. The van der Waals surface area contributed by atoms with Crippen LogP contribution < -0.4 is 0 Å². The van der Waals surface area contributed by atoms with Crippen LogP contribution in [-0.2, 0) is 4.74 Å². The van der Waals surface area contributed by atoms with E-state index >= 15 is 0 Å². The van der Waals surface area contributed by atoms with Gasteiger partial charge in [0.2, 0.25) is 0 Å². The van der Waals surface area contributed by atoms with E-state index in [0.29, 0.717) is 11.5 Å². The molecular formula is C43H68O. The molecule has 246 valence electrons. The Balaban J connectivity index is 0.0000000923. The van der Waals surface area contributed by atoms with Crippen molar-refractivity contribution in [2.45, 2.75) is 173 Å².